The molecule has 5 aliphatic rings. The van der Waals surface area contributed by atoms with Crippen LogP contribution in [0.2, 0.25) is 0 Å². The van der Waals surface area contributed by atoms with Crippen LogP contribution in [0, 0.1) is 17.3 Å². The van der Waals surface area contributed by atoms with E-state index in [1.54, 1.807) is 5.57 Å². The van der Waals surface area contributed by atoms with Gasteiger partial charge < -0.3 is 9.30 Å². The highest BCUT2D eigenvalue weighted by molar-refractivity contribution is 7.70. The summed E-state index contributed by atoms with van der Waals surface area (Å²) in [5.41, 5.74) is 6.90. The normalized spacial score (nSPS) is 37.5. The number of benzene rings is 1. The maximum Gasteiger partial charge on any atom is 0.156 e. The summed E-state index contributed by atoms with van der Waals surface area (Å²) in [6, 6.07) is 8.63. The van der Waals surface area contributed by atoms with Crippen LogP contribution >= 0.6 is 7.14 Å². The molecule has 1 aromatic carbocycles. The minimum atomic E-state index is -2.29. The van der Waals surface area contributed by atoms with Crippen molar-refractivity contribution in [3.63, 3.8) is 0 Å². The Balaban J connectivity index is 1.51. The first-order valence-electron chi connectivity index (χ1n) is 13.1. The summed E-state index contributed by atoms with van der Waals surface area (Å²) < 4.78 is 19.3. The van der Waals surface area contributed by atoms with Gasteiger partial charge in [-0.05, 0) is 98.5 Å². The largest absolute Gasteiger partial charge is 0.370 e. The minimum absolute atomic E-state index is 0.0646. The topological polar surface area (TPSA) is 43.4 Å². The van der Waals surface area contributed by atoms with Gasteiger partial charge in [-0.25, -0.2) is 0 Å². The van der Waals surface area contributed by atoms with E-state index in [0.717, 1.165) is 50.4 Å². The molecule has 1 heterocycles. The highest BCUT2D eigenvalue weighted by Gasteiger charge is 2.65. The lowest BCUT2D eigenvalue weighted by Crippen LogP contribution is -2.52. The predicted octanol–water partition coefficient (Wildman–Crippen LogP) is 6.55. The first-order chi connectivity index (χ1) is 16.1. The molecule has 4 aliphatic carbocycles. The number of rotatable bonds is 2. The molecule has 34 heavy (non-hydrogen) atoms. The molecule has 1 saturated heterocycles. The van der Waals surface area contributed by atoms with E-state index in [0.29, 0.717) is 24.2 Å². The van der Waals surface area contributed by atoms with Crippen LogP contribution in [0.4, 0.5) is 0 Å². The third kappa shape index (κ3) is 3.12. The van der Waals surface area contributed by atoms with E-state index in [1.165, 1.54) is 28.7 Å². The van der Waals surface area contributed by atoms with Gasteiger partial charge in [-0.1, -0.05) is 43.3 Å². The molecule has 0 bridgehead atoms. The van der Waals surface area contributed by atoms with Gasteiger partial charge in [0.05, 0.1) is 12.2 Å². The van der Waals surface area contributed by atoms with E-state index in [1.807, 2.05) is 19.4 Å². The van der Waals surface area contributed by atoms with Gasteiger partial charge in [-0.2, -0.15) is 0 Å². The molecule has 2 saturated carbocycles. The van der Waals surface area contributed by atoms with E-state index < -0.39 is 7.14 Å². The molecule has 0 aromatic heterocycles. The fourth-order valence-electron chi connectivity index (χ4n) is 8.48. The summed E-state index contributed by atoms with van der Waals surface area (Å²) in [6.07, 6.45) is 9.97. The molecular weight excluding hydrogens is 439 g/mol. The monoisotopic (exact) mass is 476 g/mol. The second-order valence-electron chi connectivity index (χ2n) is 12.0. The SMILES string of the molecule is C=C1CCO[C@]12CCC1[C@@H]3CCC4=CC(=O)CCC4=C3[C@@H](c3ccc(P(C)(C)=O)cc3)C[C@@]12C. The van der Waals surface area contributed by atoms with Gasteiger partial charge in [-0.15, -0.1) is 0 Å². The second-order valence-corrected chi connectivity index (χ2v) is 15.2. The molecule has 1 aromatic rings. The maximum atomic E-state index is 12.7. The first-order valence-corrected chi connectivity index (χ1v) is 15.7. The summed E-state index contributed by atoms with van der Waals surface area (Å²) in [5.74, 6) is 1.75. The molecule has 3 fully saturated rings. The second kappa shape index (κ2) is 7.65. The number of carbonyl (C=O) groups excluding carboxylic acids is 1. The van der Waals surface area contributed by atoms with Crippen molar-refractivity contribution in [3.8, 4) is 0 Å². The first kappa shape index (κ1) is 22.7. The zero-order valence-electron chi connectivity index (χ0n) is 20.9. The summed E-state index contributed by atoms with van der Waals surface area (Å²) in [4.78, 5) is 12.2. The molecule has 1 aliphatic heterocycles. The van der Waals surface area contributed by atoms with Gasteiger partial charge >= 0.3 is 0 Å². The fraction of sp³-hybridized carbons (Fsp3) is 0.567. The molecule has 1 spiro atoms. The molecule has 180 valence electrons. The average Bonchev–Trinajstić information content (AvgIpc) is 3.32. The fourth-order valence-corrected chi connectivity index (χ4v) is 9.35. The number of hydrogen-bond donors (Lipinski definition) is 0. The van der Waals surface area contributed by atoms with Crippen molar-refractivity contribution >= 4 is 18.2 Å². The van der Waals surface area contributed by atoms with Crippen molar-refractivity contribution in [2.45, 2.75) is 69.8 Å². The molecule has 6 rings (SSSR count). The van der Waals surface area contributed by atoms with Crippen molar-refractivity contribution < 1.29 is 14.1 Å². The van der Waals surface area contributed by atoms with Crippen molar-refractivity contribution in [2.24, 2.45) is 17.3 Å². The molecule has 4 heteroatoms. The van der Waals surface area contributed by atoms with Crippen LogP contribution in [0.3, 0.4) is 0 Å². The Morgan fingerprint density at radius 1 is 1.06 bits per heavy atom. The van der Waals surface area contributed by atoms with Gasteiger partial charge in [0.25, 0.3) is 0 Å². The molecule has 0 N–H and O–H groups in total. The number of allylic oxidation sites excluding steroid dienone is 4. The van der Waals surface area contributed by atoms with Crippen molar-refractivity contribution in [1.82, 2.24) is 0 Å². The Labute approximate surface area is 204 Å². The maximum absolute atomic E-state index is 12.7. The van der Waals surface area contributed by atoms with Gasteiger partial charge in [0.15, 0.2) is 5.78 Å². The number of ether oxygens (including phenoxy) is 1. The minimum Gasteiger partial charge on any atom is -0.370 e. The third-order valence-electron chi connectivity index (χ3n) is 10.1. The van der Waals surface area contributed by atoms with Crippen LogP contribution < -0.4 is 5.30 Å². The molecule has 0 radical (unpaired) electrons. The van der Waals surface area contributed by atoms with Crippen LogP contribution in [-0.2, 0) is 14.1 Å². The average molecular weight is 477 g/mol. The zero-order valence-corrected chi connectivity index (χ0v) is 21.8. The van der Waals surface area contributed by atoms with Crippen LogP contribution in [0.1, 0.15) is 69.8 Å². The number of fused-ring (bicyclic) bond motifs is 5. The molecule has 5 atom stereocenters. The Morgan fingerprint density at radius 2 is 1.82 bits per heavy atom. The number of ketones is 1. The summed E-state index contributed by atoms with van der Waals surface area (Å²) in [6.45, 7) is 11.5. The highest BCUT2D eigenvalue weighted by atomic mass is 31.2. The van der Waals surface area contributed by atoms with E-state index >= 15 is 0 Å². The Morgan fingerprint density at radius 3 is 2.50 bits per heavy atom. The van der Waals surface area contributed by atoms with Gasteiger partial charge in [0.1, 0.15) is 7.14 Å². The third-order valence-corrected chi connectivity index (χ3v) is 11.6. The standard InChI is InChI=1S/C30H37O3P/c1-19-14-16-33-30(19)15-13-27-25-11-7-21-17-22(31)8-12-24(21)28(25)26(18-29(27,30)2)20-5-9-23(10-6-20)34(3,4)32/h5-6,9-10,17,25-27H,1,7-8,11-16,18H2,2-4H3/t25-,26+,27?,29-,30+/m0/s1. The summed E-state index contributed by atoms with van der Waals surface area (Å²) in [7, 11) is -2.29. The molecular formula is C30H37O3P. The smallest absolute Gasteiger partial charge is 0.156 e. The van der Waals surface area contributed by atoms with Gasteiger partial charge in [-0.3, -0.25) is 4.79 Å². The Kier molecular flexibility index (Phi) is 5.12. The molecule has 1 unspecified atom stereocenters. The number of hydrogen-bond acceptors (Lipinski definition) is 3. The van der Waals surface area contributed by atoms with Crippen LogP contribution in [0.5, 0.6) is 0 Å². The molecule has 3 nitrogen and oxygen atoms in total. The van der Waals surface area contributed by atoms with E-state index in [9.17, 15) is 9.36 Å². The van der Waals surface area contributed by atoms with Crippen molar-refractivity contribution in [1.29, 1.82) is 0 Å². The quantitative estimate of drug-likeness (QED) is 0.359. The van der Waals surface area contributed by atoms with E-state index in [4.69, 9.17) is 4.74 Å². The molecule has 0 amide bonds. The lowest BCUT2D eigenvalue weighted by Gasteiger charge is -2.55. The van der Waals surface area contributed by atoms with Crippen molar-refractivity contribution in [2.75, 3.05) is 19.9 Å². The van der Waals surface area contributed by atoms with Crippen LogP contribution in [0.15, 0.2) is 59.2 Å². The van der Waals surface area contributed by atoms with Gasteiger partial charge in [0, 0.05) is 23.1 Å². The Hall–Kier alpha value is -1.70. The Bertz CT molecular complexity index is 1180. The summed E-state index contributed by atoms with van der Waals surface area (Å²) >= 11 is 0. The lowest BCUT2D eigenvalue weighted by atomic mass is 9.50. The zero-order chi connectivity index (χ0) is 23.9. The summed E-state index contributed by atoms with van der Waals surface area (Å²) in [5, 5.41) is 0.947. The number of carbonyl (C=O) groups is 1. The van der Waals surface area contributed by atoms with Crippen LogP contribution in [-0.4, -0.2) is 31.3 Å². The highest BCUT2D eigenvalue weighted by Crippen LogP contribution is 2.70. The van der Waals surface area contributed by atoms with Crippen molar-refractivity contribution in [3.05, 3.63) is 64.8 Å². The van der Waals surface area contributed by atoms with Crippen LogP contribution in [0.25, 0.3) is 0 Å². The lowest BCUT2D eigenvalue weighted by molar-refractivity contribution is -0.114. The van der Waals surface area contributed by atoms with E-state index in [-0.39, 0.29) is 16.8 Å². The van der Waals surface area contributed by atoms with Gasteiger partial charge in [0.2, 0.25) is 0 Å². The van der Waals surface area contributed by atoms with E-state index in [2.05, 4.69) is 37.8 Å². The predicted molar refractivity (Wildman–Crippen MR) is 138 cm³/mol.